The Kier molecular flexibility index (Phi) is 9.35. The largest absolute Gasteiger partial charge is 0.480 e. The van der Waals surface area contributed by atoms with Crippen molar-refractivity contribution in [3.8, 4) is 5.75 Å². The van der Waals surface area contributed by atoms with Gasteiger partial charge >= 0.3 is 5.97 Å². The van der Waals surface area contributed by atoms with Gasteiger partial charge in [-0.2, -0.15) is 0 Å². The van der Waals surface area contributed by atoms with Crippen LogP contribution in [0.5, 0.6) is 5.75 Å². The van der Waals surface area contributed by atoms with Crippen molar-refractivity contribution in [3.63, 3.8) is 0 Å². The molecule has 42 heavy (non-hydrogen) atoms. The maximum absolute atomic E-state index is 12.4. The molecule has 6 atom stereocenters. The molecule has 11 nitrogen and oxygen atoms in total. The number of allylic oxidation sites excluding steroid dienone is 1. The van der Waals surface area contributed by atoms with E-state index in [9.17, 15) is 19.5 Å². The summed E-state index contributed by atoms with van der Waals surface area (Å²) in [6.07, 6.45) is 0.187. The summed E-state index contributed by atoms with van der Waals surface area (Å²) in [4.78, 5) is 36.0. The molecule has 3 heterocycles. The summed E-state index contributed by atoms with van der Waals surface area (Å²) in [6.45, 7) is 0.753. The summed E-state index contributed by atoms with van der Waals surface area (Å²) in [5.41, 5.74) is 1.26. The number of carbonyl (C=O) groups is 3. The first-order valence-corrected chi connectivity index (χ1v) is 13.5. The summed E-state index contributed by atoms with van der Waals surface area (Å²) in [6, 6.07) is 15.9. The Morgan fingerprint density at radius 3 is 2.50 bits per heavy atom. The van der Waals surface area contributed by atoms with Gasteiger partial charge in [0.05, 0.1) is 12.9 Å². The molecule has 2 aliphatic heterocycles. The van der Waals surface area contributed by atoms with Crippen LogP contribution >= 0.6 is 11.6 Å². The van der Waals surface area contributed by atoms with E-state index in [0.717, 1.165) is 5.56 Å². The van der Waals surface area contributed by atoms with Gasteiger partial charge in [-0.05, 0) is 60.2 Å². The summed E-state index contributed by atoms with van der Waals surface area (Å²) >= 11 is 5.89. The van der Waals surface area contributed by atoms with Gasteiger partial charge in [0.2, 0.25) is 18.5 Å². The van der Waals surface area contributed by atoms with E-state index in [4.69, 9.17) is 39.7 Å². The average Bonchev–Trinajstić information content (AvgIpc) is 3.51. The molecule has 5 rings (SSSR count). The third-order valence-corrected chi connectivity index (χ3v) is 6.82. The number of carboxylic acids is 1. The molecule has 0 aliphatic carbocycles. The lowest BCUT2D eigenvalue weighted by atomic mass is 9.95. The lowest BCUT2D eigenvalue weighted by Gasteiger charge is -2.48. The number of benzene rings is 2. The summed E-state index contributed by atoms with van der Waals surface area (Å²) < 4.78 is 35.3. The highest BCUT2D eigenvalue weighted by molar-refractivity contribution is 6.30. The maximum atomic E-state index is 12.4. The minimum Gasteiger partial charge on any atom is -0.480 e. The van der Waals surface area contributed by atoms with E-state index in [1.807, 2.05) is 0 Å². The van der Waals surface area contributed by atoms with Crippen molar-refractivity contribution in [3.05, 3.63) is 94.9 Å². The number of hydrogen-bond acceptors (Lipinski definition) is 9. The standard InChI is InChI=1S/C30H28ClNO10/c1-17(33)32-26-28(38-16-25(35)36)27-24(15-39-29(42-27)23-3-2-14-37-23)41-30(26)40-21-11-4-18(5-12-21)6-13-22(34)19-7-9-20(31)10-8-19/h2-14,24,26-30H,15-16H2,1H3,(H,32,33)(H,35,36)/b13-6+. The fraction of sp³-hybridized carbons (Fsp3) is 0.300. The highest BCUT2D eigenvalue weighted by Crippen LogP contribution is 2.36. The van der Waals surface area contributed by atoms with Crippen LogP contribution in [0, 0.1) is 0 Å². The van der Waals surface area contributed by atoms with Crippen LogP contribution in [-0.2, 0) is 28.5 Å². The highest BCUT2D eigenvalue weighted by Gasteiger charge is 2.52. The number of fused-ring (bicyclic) bond motifs is 1. The molecule has 0 spiro atoms. The molecule has 12 heteroatoms. The van der Waals surface area contributed by atoms with Crippen LogP contribution in [0.25, 0.3) is 6.08 Å². The van der Waals surface area contributed by atoms with Crippen molar-refractivity contribution in [1.29, 1.82) is 0 Å². The predicted octanol–water partition coefficient (Wildman–Crippen LogP) is 4.02. The van der Waals surface area contributed by atoms with Crippen LogP contribution in [0.3, 0.4) is 0 Å². The quantitative estimate of drug-likeness (QED) is 0.260. The second-order valence-electron chi connectivity index (χ2n) is 9.61. The number of rotatable bonds is 10. The minimum absolute atomic E-state index is 0.0704. The van der Waals surface area contributed by atoms with Gasteiger partial charge in [-0.1, -0.05) is 29.8 Å². The number of amides is 1. The number of nitrogens with one attached hydrogen (secondary N) is 1. The molecule has 3 aromatic rings. The van der Waals surface area contributed by atoms with Gasteiger partial charge in [0.25, 0.3) is 0 Å². The van der Waals surface area contributed by atoms with E-state index in [0.29, 0.717) is 22.1 Å². The van der Waals surface area contributed by atoms with Crippen LogP contribution < -0.4 is 10.1 Å². The number of ketones is 1. The van der Waals surface area contributed by atoms with Gasteiger partial charge in [0, 0.05) is 17.5 Å². The summed E-state index contributed by atoms with van der Waals surface area (Å²) in [5, 5.41) is 12.6. The Morgan fingerprint density at radius 1 is 1.07 bits per heavy atom. The number of aliphatic carboxylic acids is 1. The summed E-state index contributed by atoms with van der Waals surface area (Å²) in [5.74, 6) is -0.944. The van der Waals surface area contributed by atoms with Crippen LogP contribution in [0.4, 0.5) is 0 Å². The Balaban J connectivity index is 1.32. The number of ether oxygens (including phenoxy) is 5. The molecule has 2 fully saturated rings. The maximum Gasteiger partial charge on any atom is 0.329 e. The first-order chi connectivity index (χ1) is 20.3. The molecular weight excluding hydrogens is 570 g/mol. The van der Waals surface area contributed by atoms with Crippen molar-refractivity contribution < 1.29 is 47.6 Å². The van der Waals surface area contributed by atoms with E-state index >= 15 is 0 Å². The summed E-state index contributed by atoms with van der Waals surface area (Å²) in [7, 11) is 0. The first-order valence-electron chi connectivity index (χ1n) is 13.1. The van der Waals surface area contributed by atoms with Crippen LogP contribution in [-0.4, -0.2) is 66.6 Å². The zero-order valence-electron chi connectivity index (χ0n) is 22.4. The van der Waals surface area contributed by atoms with Crippen molar-refractivity contribution in [2.75, 3.05) is 13.2 Å². The van der Waals surface area contributed by atoms with Crippen molar-refractivity contribution in [2.24, 2.45) is 0 Å². The molecule has 220 valence electrons. The number of furan rings is 1. The molecule has 2 aliphatic rings. The molecule has 6 unspecified atom stereocenters. The highest BCUT2D eigenvalue weighted by atomic mass is 35.5. The van der Waals surface area contributed by atoms with Crippen LogP contribution in [0.15, 0.2) is 77.4 Å². The molecule has 0 radical (unpaired) electrons. The fourth-order valence-electron chi connectivity index (χ4n) is 4.67. The Hall–Kier alpha value is -4.00. The van der Waals surface area contributed by atoms with E-state index < -0.39 is 55.4 Å². The Labute approximate surface area is 245 Å². The van der Waals surface area contributed by atoms with Gasteiger partial charge in [-0.3, -0.25) is 9.59 Å². The van der Waals surface area contributed by atoms with Gasteiger partial charge < -0.3 is 38.5 Å². The van der Waals surface area contributed by atoms with Gasteiger partial charge in [-0.25, -0.2) is 4.79 Å². The van der Waals surface area contributed by atoms with E-state index in [1.165, 1.54) is 19.3 Å². The number of carboxylic acid groups (broad SMARTS) is 1. The topological polar surface area (TPSA) is 143 Å². The van der Waals surface area contributed by atoms with Crippen LogP contribution in [0.2, 0.25) is 5.02 Å². The lowest BCUT2D eigenvalue weighted by molar-refractivity contribution is -0.340. The first kappa shape index (κ1) is 29.5. The normalized spacial score (nSPS) is 25.5. The second kappa shape index (κ2) is 13.3. The Morgan fingerprint density at radius 2 is 1.83 bits per heavy atom. The molecule has 2 saturated heterocycles. The Bertz CT molecular complexity index is 1410. The van der Waals surface area contributed by atoms with Gasteiger partial charge in [0.1, 0.15) is 36.7 Å². The molecule has 0 saturated carbocycles. The van der Waals surface area contributed by atoms with E-state index in [-0.39, 0.29) is 12.4 Å². The molecule has 1 aromatic heterocycles. The third kappa shape index (κ3) is 7.25. The lowest BCUT2D eigenvalue weighted by Crippen LogP contribution is -2.68. The molecule has 1 amide bonds. The fourth-order valence-corrected chi connectivity index (χ4v) is 4.80. The van der Waals surface area contributed by atoms with Crippen molar-refractivity contribution >= 4 is 35.3 Å². The van der Waals surface area contributed by atoms with Crippen molar-refractivity contribution in [2.45, 2.75) is 43.9 Å². The monoisotopic (exact) mass is 597 g/mol. The van der Waals surface area contributed by atoms with Gasteiger partial charge in [-0.15, -0.1) is 0 Å². The minimum atomic E-state index is -1.19. The zero-order chi connectivity index (χ0) is 29.6. The SMILES string of the molecule is CC(=O)NC1C(Oc2ccc(/C=C/C(=O)c3ccc(Cl)cc3)cc2)OC2COC(c3ccco3)OC2C1OCC(=O)O. The second-order valence-corrected chi connectivity index (χ2v) is 10.0. The van der Waals surface area contributed by atoms with E-state index in [1.54, 1.807) is 66.7 Å². The van der Waals surface area contributed by atoms with Crippen molar-refractivity contribution in [1.82, 2.24) is 5.32 Å². The van der Waals surface area contributed by atoms with Gasteiger partial charge in [0.15, 0.2) is 11.5 Å². The predicted molar refractivity (Wildman–Crippen MR) is 148 cm³/mol. The van der Waals surface area contributed by atoms with Crippen LogP contribution in [0.1, 0.15) is 34.9 Å². The molecule has 2 N–H and O–H groups in total. The molecular formula is C30H28ClNO10. The number of carbonyl (C=O) groups excluding carboxylic acids is 2. The number of hydrogen-bond donors (Lipinski definition) is 2. The van der Waals surface area contributed by atoms with E-state index in [2.05, 4.69) is 5.32 Å². The smallest absolute Gasteiger partial charge is 0.329 e. The zero-order valence-corrected chi connectivity index (χ0v) is 23.1. The number of halogens is 1. The molecule has 2 aromatic carbocycles. The average molecular weight is 598 g/mol. The molecule has 0 bridgehead atoms. The third-order valence-electron chi connectivity index (χ3n) is 6.57.